The van der Waals surface area contributed by atoms with E-state index in [1.54, 1.807) is 42.5 Å². The van der Waals surface area contributed by atoms with E-state index in [4.69, 9.17) is 0 Å². The second kappa shape index (κ2) is 4.28. The van der Waals surface area contributed by atoms with E-state index in [0.717, 1.165) is 11.1 Å². The third-order valence-electron chi connectivity index (χ3n) is 2.62. The zero-order valence-electron chi connectivity index (χ0n) is 9.05. The highest BCUT2D eigenvalue weighted by Gasteiger charge is 2.23. The first-order chi connectivity index (χ1) is 7.58. The summed E-state index contributed by atoms with van der Waals surface area (Å²) in [5.41, 5.74) is 1.05. The normalized spacial score (nSPS) is 14.6. The fourth-order valence-corrected chi connectivity index (χ4v) is 2.38. The molecule has 0 radical (unpaired) electrons. The van der Waals surface area contributed by atoms with Crippen molar-refractivity contribution in [3.8, 4) is 5.75 Å². The average molecular weight is 234 g/mol. The maximum atomic E-state index is 10.4. The molecule has 1 aromatic carbocycles. The van der Waals surface area contributed by atoms with Gasteiger partial charge >= 0.3 is 0 Å². The van der Waals surface area contributed by atoms with E-state index >= 15 is 0 Å². The van der Waals surface area contributed by atoms with Gasteiger partial charge in [-0.15, -0.1) is 0 Å². The molecule has 2 N–H and O–H groups in total. The molecule has 3 heteroatoms. The van der Waals surface area contributed by atoms with Gasteiger partial charge < -0.3 is 10.2 Å². The van der Waals surface area contributed by atoms with Crippen molar-refractivity contribution in [2.45, 2.75) is 18.9 Å². The quantitative estimate of drug-likeness (QED) is 0.857. The van der Waals surface area contributed by atoms with E-state index in [-0.39, 0.29) is 5.75 Å². The van der Waals surface area contributed by atoms with Gasteiger partial charge in [-0.2, -0.15) is 11.3 Å². The molecule has 2 nitrogen and oxygen atoms in total. The Morgan fingerprint density at radius 2 is 1.88 bits per heavy atom. The van der Waals surface area contributed by atoms with Crippen LogP contribution in [0.4, 0.5) is 0 Å². The third kappa shape index (κ3) is 2.43. The summed E-state index contributed by atoms with van der Waals surface area (Å²) >= 11 is 1.63. The Balaban J connectivity index is 2.21. The standard InChI is InChI=1S/C13H14O2S/c1-13(15,8-10-6-7-16-9-10)11-2-4-12(14)5-3-11/h2-7,9,14-15H,8H2,1H3. The molecule has 0 saturated carbocycles. The smallest absolute Gasteiger partial charge is 0.115 e. The van der Waals surface area contributed by atoms with Crippen molar-refractivity contribution in [3.63, 3.8) is 0 Å². The lowest BCUT2D eigenvalue weighted by atomic mass is 9.90. The van der Waals surface area contributed by atoms with E-state index < -0.39 is 5.60 Å². The van der Waals surface area contributed by atoms with Crippen LogP contribution in [-0.4, -0.2) is 10.2 Å². The molecule has 1 aromatic heterocycles. The summed E-state index contributed by atoms with van der Waals surface area (Å²) in [4.78, 5) is 0. The molecule has 1 atom stereocenters. The second-order valence-corrected chi connectivity index (χ2v) is 4.91. The van der Waals surface area contributed by atoms with Crippen LogP contribution in [-0.2, 0) is 12.0 Å². The number of phenolic OH excluding ortho intramolecular Hbond substituents is 1. The van der Waals surface area contributed by atoms with Gasteiger partial charge in [-0.1, -0.05) is 12.1 Å². The molecule has 2 aromatic rings. The number of rotatable bonds is 3. The van der Waals surface area contributed by atoms with Crippen molar-refractivity contribution in [2.24, 2.45) is 0 Å². The molecule has 0 bridgehead atoms. The summed E-state index contributed by atoms with van der Waals surface area (Å²) in [5.74, 6) is 0.218. The van der Waals surface area contributed by atoms with E-state index in [0.29, 0.717) is 6.42 Å². The summed E-state index contributed by atoms with van der Waals surface area (Å²) in [6.45, 7) is 1.79. The van der Waals surface area contributed by atoms with Gasteiger partial charge in [0.25, 0.3) is 0 Å². The molecule has 0 amide bonds. The molecule has 0 aliphatic rings. The minimum atomic E-state index is -0.894. The lowest BCUT2D eigenvalue weighted by Crippen LogP contribution is -2.23. The van der Waals surface area contributed by atoms with E-state index in [9.17, 15) is 10.2 Å². The van der Waals surface area contributed by atoms with Crippen LogP contribution < -0.4 is 0 Å². The molecule has 1 heterocycles. The van der Waals surface area contributed by atoms with Gasteiger partial charge in [0.15, 0.2) is 0 Å². The summed E-state index contributed by atoms with van der Waals surface area (Å²) in [6, 6.07) is 8.71. The topological polar surface area (TPSA) is 40.5 Å². The number of hydrogen-bond donors (Lipinski definition) is 2. The molecule has 0 spiro atoms. The van der Waals surface area contributed by atoms with Crippen LogP contribution in [0.25, 0.3) is 0 Å². The number of thiophene rings is 1. The lowest BCUT2D eigenvalue weighted by molar-refractivity contribution is 0.0577. The molecule has 2 rings (SSSR count). The highest BCUT2D eigenvalue weighted by Crippen LogP contribution is 2.27. The van der Waals surface area contributed by atoms with Crippen LogP contribution in [0.1, 0.15) is 18.1 Å². The maximum absolute atomic E-state index is 10.4. The Morgan fingerprint density at radius 1 is 1.19 bits per heavy atom. The zero-order chi connectivity index (χ0) is 11.6. The summed E-state index contributed by atoms with van der Waals surface area (Å²) < 4.78 is 0. The lowest BCUT2D eigenvalue weighted by Gasteiger charge is -2.23. The molecular formula is C13H14O2S. The van der Waals surface area contributed by atoms with Crippen molar-refractivity contribution < 1.29 is 10.2 Å². The largest absolute Gasteiger partial charge is 0.508 e. The number of benzene rings is 1. The van der Waals surface area contributed by atoms with Gasteiger partial charge in [-0.3, -0.25) is 0 Å². The molecular weight excluding hydrogens is 220 g/mol. The molecule has 0 saturated heterocycles. The van der Waals surface area contributed by atoms with Crippen LogP contribution in [0.3, 0.4) is 0 Å². The van der Waals surface area contributed by atoms with Crippen LogP contribution in [0.2, 0.25) is 0 Å². The molecule has 84 valence electrons. The van der Waals surface area contributed by atoms with Crippen LogP contribution in [0.5, 0.6) is 5.75 Å². The Hall–Kier alpha value is -1.32. The summed E-state index contributed by atoms with van der Waals surface area (Å²) in [5, 5.41) is 23.6. The van der Waals surface area contributed by atoms with Gasteiger partial charge in [0.2, 0.25) is 0 Å². The number of hydrogen-bond acceptors (Lipinski definition) is 3. The van der Waals surface area contributed by atoms with Crippen molar-refractivity contribution in [2.75, 3.05) is 0 Å². The van der Waals surface area contributed by atoms with E-state index in [1.165, 1.54) is 0 Å². The minimum Gasteiger partial charge on any atom is -0.508 e. The van der Waals surface area contributed by atoms with Gasteiger partial charge in [0, 0.05) is 6.42 Å². The predicted molar refractivity (Wildman–Crippen MR) is 65.7 cm³/mol. The number of phenols is 1. The summed E-state index contributed by atoms with van der Waals surface area (Å²) in [7, 11) is 0. The SMILES string of the molecule is CC(O)(Cc1ccsc1)c1ccc(O)cc1. The van der Waals surface area contributed by atoms with Gasteiger partial charge in [-0.05, 0) is 47.0 Å². The summed E-state index contributed by atoms with van der Waals surface area (Å²) in [6.07, 6.45) is 0.585. The van der Waals surface area contributed by atoms with Gasteiger partial charge in [-0.25, -0.2) is 0 Å². The first-order valence-electron chi connectivity index (χ1n) is 5.11. The zero-order valence-corrected chi connectivity index (χ0v) is 9.87. The molecule has 1 unspecified atom stereocenters. The number of aliphatic hydroxyl groups is 1. The molecule has 0 aliphatic carbocycles. The molecule has 0 fully saturated rings. The van der Waals surface area contributed by atoms with Crippen LogP contribution in [0, 0.1) is 0 Å². The van der Waals surface area contributed by atoms with Crippen LogP contribution in [0.15, 0.2) is 41.1 Å². The second-order valence-electron chi connectivity index (χ2n) is 4.13. The number of aromatic hydroxyl groups is 1. The highest BCUT2D eigenvalue weighted by atomic mass is 32.1. The van der Waals surface area contributed by atoms with E-state index in [2.05, 4.69) is 0 Å². The highest BCUT2D eigenvalue weighted by molar-refractivity contribution is 7.07. The van der Waals surface area contributed by atoms with Gasteiger partial charge in [0.05, 0.1) is 5.60 Å². The Morgan fingerprint density at radius 3 is 2.44 bits per heavy atom. The Bertz CT molecular complexity index is 443. The van der Waals surface area contributed by atoms with Crippen molar-refractivity contribution in [1.82, 2.24) is 0 Å². The first kappa shape index (κ1) is 11.2. The third-order valence-corrected chi connectivity index (χ3v) is 3.35. The predicted octanol–water partition coefficient (Wildman–Crippen LogP) is 2.90. The van der Waals surface area contributed by atoms with Crippen molar-refractivity contribution >= 4 is 11.3 Å². The van der Waals surface area contributed by atoms with Crippen molar-refractivity contribution in [3.05, 3.63) is 52.2 Å². The van der Waals surface area contributed by atoms with Gasteiger partial charge in [0.1, 0.15) is 5.75 Å². The van der Waals surface area contributed by atoms with Crippen molar-refractivity contribution in [1.29, 1.82) is 0 Å². The maximum Gasteiger partial charge on any atom is 0.115 e. The minimum absolute atomic E-state index is 0.218. The van der Waals surface area contributed by atoms with E-state index in [1.807, 2.05) is 16.8 Å². The molecule has 0 aliphatic heterocycles. The average Bonchev–Trinajstić information content (AvgIpc) is 2.70. The monoisotopic (exact) mass is 234 g/mol. The Labute approximate surface area is 98.8 Å². The first-order valence-corrected chi connectivity index (χ1v) is 6.05. The fourth-order valence-electron chi connectivity index (χ4n) is 1.71. The fraction of sp³-hybridized carbons (Fsp3) is 0.231. The Kier molecular flexibility index (Phi) is 2.99. The van der Waals surface area contributed by atoms with Crippen LogP contribution >= 0.6 is 11.3 Å². The molecule has 16 heavy (non-hydrogen) atoms.